The van der Waals surface area contributed by atoms with Crippen LogP contribution in [-0.2, 0) is 22.7 Å². The number of nitrogens with zero attached hydrogens (tertiary/aromatic N) is 2. The monoisotopic (exact) mass is 364 g/mol. The van der Waals surface area contributed by atoms with E-state index < -0.39 is 11.7 Å². The van der Waals surface area contributed by atoms with Crippen LogP contribution in [0.1, 0.15) is 12.0 Å². The van der Waals surface area contributed by atoms with E-state index in [1.54, 1.807) is 30.3 Å². The molecular formula is C16H13ClN2O4S. The molecule has 0 spiro atoms. The number of rotatable bonds is 6. The predicted molar refractivity (Wildman–Crippen MR) is 89.9 cm³/mol. The molecule has 3 rings (SSSR count). The molecule has 0 saturated carbocycles. The smallest absolute Gasteiger partial charge is 0.437 e. The quantitative estimate of drug-likeness (QED) is 0.627. The molecule has 124 valence electrons. The van der Waals surface area contributed by atoms with Crippen LogP contribution in [0.5, 0.6) is 0 Å². The minimum atomic E-state index is -0.594. The Bertz CT molecular complexity index is 868. The second kappa shape index (κ2) is 7.46. The Morgan fingerprint density at radius 3 is 2.79 bits per heavy atom. The lowest BCUT2D eigenvalue weighted by Crippen LogP contribution is -2.18. The van der Waals surface area contributed by atoms with Crippen molar-refractivity contribution in [1.82, 2.24) is 9.78 Å². The van der Waals surface area contributed by atoms with Crippen molar-refractivity contribution >= 4 is 28.9 Å². The third-order valence-electron chi connectivity index (χ3n) is 3.18. The normalized spacial score (nSPS) is 10.7. The van der Waals surface area contributed by atoms with Gasteiger partial charge in [0.15, 0.2) is 0 Å². The number of aryl methyl sites for hydroxylation is 1. The molecule has 2 aromatic heterocycles. The third-order valence-corrected chi connectivity index (χ3v) is 4.29. The number of carbonyl (C=O) groups excluding carboxylic acids is 1. The fourth-order valence-electron chi connectivity index (χ4n) is 1.96. The summed E-state index contributed by atoms with van der Waals surface area (Å²) in [6.45, 7) is 0.261. The van der Waals surface area contributed by atoms with Crippen LogP contribution in [0.3, 0.4) is 0 Å². The molecule has 0 atom stereocenters. The summed E-state index contributed by atoms with van der Waals surface area (Å²) in [5.41, 5.74) is 0.839. The van der Waals surface area contributed by atoms with Crippen LogP contribution in [0.4, 0.5) is 0 Å². The van der Waals surface area contributed by atoms with Gasteiger partial charge in [0, 0.05) is 5.02 Å². The summed E-state index contributed by atoms with van der Waals surface area (Å²) in [5, 5.41) is 6.56. The molecule has 8 heteroatoms. The first-order valence-corrected chi connectivity index (χ1v) is 8.39. The van der Waals surface area contributed by atoms with E-state index in [2.05, 4.69) is 5.10 Å². The number of hydrogen-bond donors (Lipinski definition) is 0. The molecule has 24 heavy (non-hydrogen) atoms. The van der Waals surface area contributed by atoms with Gasteiger partial charge in [-0.25, -0.2) is 4.79 Å². The maximum absolute atomic E-state index is 11.8. The first-order chi connectivity index (χ1) is 11.6. The number of benzene rings is 1. The summed E-state index contributed by atoms with van der Waals surface area (Å²) in [5.74, 6) is -0.758. The van der Waals surface area contributed by atoms with Crippen LogP contribution in [0.15, 0.2) is 51.0 Å². The molecule has 0 amide bonds. The van der Waals surface area contributed by atoms with E-state index in [9.17, 15) is 9.59 Å². The summed E-state index contributed by atoms with van der Waals surface area (Å²) in [7, 11) is 0. The van der Waals surface area contributed by atoms with E-state index in [0.717, 1.165) is 15.1 Å². The van der Waals surface area contributed by atoms with Crippen LogP contribution in [0.25, 0.3) is 10.8 Å². The second-order valence-corrected chi connectivity index (χ2v) is 6.29. The van der Waals surface area contributed by atoms with Crippen molar-refractivity contribution in [2.24, 2.45) is 0 Å². The van der Waals surface area contributed by atoms with Crippen molar-refractivity contribution in [2.75, 3.05) is 0 Å². The molecular weight excluding hydrogens is 352 g/mol. The number of aromatic nitrogens is 2. The van der Waals surface area contributed by atoms with Crippen molar-refractivity contribution < 1.29 is 13.9 Å². The van der Waals surface area contributed by atoms with Crippen molar-refractivity contribution in [3.05, 3.63) is 62.9 Å². The Labute approximate surface area is 146 Å². The minimum Gasteiger partial charge on any atom is -0.461 e. The van der Waals surface area contributed by atoms with Crippen LogP contribution in [0.2, 0.25) is 5.02 Å². The first-order valence-electron chi connectivity index (χ1n) is 7.14. The Hall–Kier alpha value is -2.38. The Kier molecular flexibility index (Phi) is 5.12. The van der Waals surface area contributed by atoms with E-state index in [1.807, 2.05) is 11.4 Å². The van der Waals surface area contributed by atoms with Gasteiger partial charge in [0.05, 0.1) is 17.8 Å². The van der Waals surface area contributed by atoms with Gasteiger partial charge >= 0.3 is 11.7 Å². The fourth-order valence-corrected chi connectivity index (χ4v) is 2.73. The SMILES string of the molecule is O=C(CCn1nc(-c2cccs2)oc1=O)OCc1ccc(Cl)cc1. The molecule has 0 aliphatic carbocycles. The number of esters is 1. The Morgan fingerprint density at radius 1 is 1.29 bits per heavy atom. The Balaban J connectivity index is 1.53. The average Bonchev–Trinajstić information content (AvgIpc) is 3.22. The van der Waals surface area contributed by atoms with Crippen LogP contribution in [-0.4, -0.2) is 15.7 Å². The van der Waals surface area contributed by atoms with Crippen LogP contribution < -0.4 is 5.76 Å². The summed E-state index contributed by atoms with van der Waals surface area (Å²) in [6.07, 6.45) is 0.0317. The van der Waals surface area contributed by atoms with Crippen LogP contribution >= 0.6 is 22.9 Å². The van der Waals surface area contributed by atoms with Crippen molar-refractivity contribution in [1.29, 1.82) is 0 Å². The minimum absolute atomic E-state index is 0.0317. The summed E-state index contributed by atoms with van der Waals surface area (Å²) >= 11 is 7.21. The maximum atomic E-state index is 11.8. The average molecular weight is 365 g/mol. The van der Waals surface area contributed by atoms with Gasteiger partial charge in [-0.15, -0.1) is 16.4 Å². The summed E-state index contributed by atoms with van der Waals surface area (Å²) in [6, 6.07) is 10.7. The number of carbonyl (C=O) groups is 1. The molecule has 0 fully saturated rings. The molecule has 0 saturated heterocycles. The lowest BCUT2D eigenvalue weighted by Gasteiger charge is -2.04. The molecule has 2 heterocycles. The van der Waals surface area contributed by atoms with Crippen molar-refractivity contribution in [3.63, 3.8) is 0 Å². The van der Waals surface area contributed by atoms with Gasteiger partial charge in [-0.1, -0.05) is 29.8 Å². The summed E-state index contributed by atoms with van der Waals surface area (Å²) in [4.78, 5) is 24.3. The zero-order valence-electron chi connectivity index (χ0n) is 12.5. The van der Waals surface area contributed by atoms with Gasteiger partial charge in [0.1, 0.15) is 6.61 Å². The number of ether oxygens (including phenoxy) is 1. The molecule has 1 aromatic carbocycles. The highest BCUT2D eigenvalue weighted by molar-refractivity contribution is 7.13. The lowest BCUT2D eigenvalue weighted by atomic mass is 10.2. The van der Waals surface area contributed by atoms with Gasteiger partial charge in [-0.3, -0.25) is 4.79 Å². The van der Waals surface area contributed by atoms with E-state index in [-0.39, 0.29) is 25.5 Å². The molecule has 0 N–H and O–H groups in total. The molecule has 0 aliphatic rings. The largest absolute Gasteiger partial charge is 0.461 e. The molecule has 3 aromatic rings. The Morgan fingerprint density at radius 2 is 2.08 bits per heavy atom. The molecule has 0 bridgehead atoms. The fraction of sp³-hybridized carbons (Fsp3) is 0.188. The maximum Gasteiger partial charge on any atom is 0.437 e. The molecule has 6 nitrogen and oxygen atoms in total. The molecule has 0 radical (unpaired) electrons. The second-order valence-electron chi connectivity index (χ2n) is 4.91. The standard InChI is InChI=1S/C16H13ClN2O4S/c17-12-5-3-11(4-6-12)10-22-14(20)7-8-19-16(21)23-15(18-19)13-2-1-9-24-13/h1-6,9H,7-8,10H2. The van der Waals surface area contributed by atoms with Crippen molar-refractivity contribution in [3.8, 4) is 10.8 Å². The highest BCUT2D eigenvalue weighted by atomic mass is 35.5. The van der Waals surface area contributed by atoms with E-state index in [4.69, 9.17) is 20.8 Å². The van der Waals surface area contributed by atoms with E-state index >= 15 is 0 Å². The first kappa shape index (κ1) is 16.5. The van der Waals surface area contributed by atoms with Gasteiger partial charge in [-0.05, 0) is 29.1 Å². The number of hydrogen-bond acceptors (Lipinski definition) is 6. The summed E-state index contributed by atoms with van der Waals surface area (Å²) < 4.78 is 11.4. The third kappa shape index (κ3) is 4.12. The number of thiophene rings is 1. The van der Waals surface area contributed by atoms with E-state index in [0.29, 0.717) is 5.02 Å². The lowest BCUT2D eigenvalue weighted by molar-refractivity contribution is -0.145. The van der Waals surface area contributed by atoms with Gasteiger partial charge < -0.3 is 9.15 Å². The highest BCUT2D eigenvalue weighted by Crippen LogP contribution is 2.21. The van der Waals surface area contributed by atoms with Crippen molar-refractivity contribution in [2.45, 2.75) is 19.6 Å². The number of halogens is 1. The van der Waals surface area contributed by atoms with E-state index in [1.165, 1.54) is 11.3 Å². The van der Waals surface area contributed by atoms with Gasteiger partial charge in [0.2, 0.25) is 0 Å². The van der Waals surface area contributed by atoms with Gasteiger partial charge in [0.25, 0.3) is 5.89 Å². The highest BCUT2D eigenvalue weighted by Gasteiger charge is 2.12. The predicted octanol–water partition coefficient (Wildman–Crippen LogP) is 3.35. The zero-order valence-corrected chi connectivity index (χ0v) is 14.0. The molecule has 0 aliphatic heterocycles. The van der Waals surface area contributed by atoms with Crippen LogP contribution in [0, 0.1) is 0 Å². The zero-order chi connectivity index (χ0) is 16.9. The van der Waals surface area contributed by atoms with Gasteiger partial charge in [-0.2, -0.15) is 4.68 Å². The topological polar surface area (TPSA) is 74.3 Å². The molecule has 0 unspecified atom stereocenters.